The fourth-order valence-electron chi connectivity index (χ4n) is 1.52. The third kappa shape index (κ3) is 14.5. The number of unbranched alkanes of at least 4 members (excludes halogenated alkanes) is 4. The minimum atomic E-state index is -5.01. The molecule has 7 nitrogen and oxygen atoms in total. The van der Waals surface area contributed by atoms with Gasteiger partial charge in [-0.2, -0.15) is 4.31 Å². The first-order valence-corrected chi connectivity index (χ1v) is 9.39. The Morgan fingerprint density at radius 2 is 1.47 bits per heavy atom. The van der Waals surface area contributed by atoms with Gasteiger partial charge >= 0.3 is 15.6 Å². The molecule has 0 spiro atoms. The van der Waals surface area contributed by atoms with Crippen LogP contribution in [0, 0.1) is 5.92 Å². The van der Waals surface area contributed by atoms with Crippen molar-refractivity contribution in [3.63, 3.8) is 0 Å². The highest BCUT2D eigenvalue weighted by Crippen LogP contribution is 2.57. The van der Waals surface area contributed by atoms with Crippen molar-refractivity contribution >= 4 is 15.6 Å². The van der Waals surface area contributed by atoms with Gasteiger partial charge in [-0.15, -0.1) is 0 Å². The van der Waals surface area contributed by atoms with Gasteiger partial charge in [-0.25, -0.2) is 9.13 Å². The maximum atomic E-state index is 11.1. The lowest BCUT2D eigenvalue weighted by atomic mass is 10.0. The van der Waals surface area contributed by atoms with E-state index in [1.54, 1.807) is 0 Å². The molecule has 0 aliphatic rings. The van der Waals surface area contributed by atoms with E-state index in [4.69, 9.17) is 14.7 Å². The maximum absolute atomic E-state index is 11.1. The number of phosphoric ester groups is 1. The summed E-state index contributed by atoms with van der Waals surface area (Å²) in [5.41, 5.74) is 0. The molecule has 0 aromatic heterocycles. The van der Waals surface area contributed by atoms with Crippen molar-refractivity contribution in [2.45, 2.75) is 52.4 Å². The molecule has 1 atom stereocenters. The van der Waals surface area contributed by atoms with Gasteiger partial charge in [0.15, 0.2) is 0 Å². The van der Waals surface area contributed by atoms with Crippen LogP contribution in [-0.2, 0) is 18.0 Å². The van der Waals surface area contributed by atoms with E-state index >= 15 is 0 Å². The van der Waals surface area contributed by atoms with Gasteiger partial charge in [0, 0.05) is 0 Å². The predicted octanol–water partition coefficient (Wildman–Crippen LogP) is 3.21. The molecule has 0 aromatic rings. The van der Waals surface area contributed by atoms with E-state index in [0.29, 0.717) is 12.3 Å². The van der Waals surface area contributed by atoms with Gasteiger partial charge in [0.05, 0.1) is 6.61 Å². The van der Waals surface area contributed by atoms with Crippen LogP contribution in [0.25, 0.3) is 0 Å². The molecule has 0 bridgehead atoms. The van der Waals surface area contributed by atoms with Gasteiger partial charge in [0.1, 0.15) is 0 Å². The highest BCUT2D eigenvalue weighted by molar-refractivity contribution is 7.60. The Bertz CT molecular complexity index is 326. The Balaban J connectivity index is 3.54. The van der Waals surface area contributed by atoms with Crippen molar-refractivity contribution in [3.8, 4) is 0 Å². The lowest BCUT2D eigenvalue weighted by Crippen LogP contribution is -1.96. The summed E-state index contributed by atoms with van der Waals surface area (Å²) >= 11 is 0. The summed E-state index contributed by atoms with van der Waals surface area (Å²) < 4.78 is 29.5. The van der Waals surface area contributed by atoms with Gasteiger partial charge in [-0.1, -0.05) is 46.0 Å². The summed E-state index contributed by atoms with van der Waals surface area (Å²) in [4.78, 5) is 25.7. The second-order valence-corrected chi connectivity index (χ2v) is 7.65. The standard InChI is InChI=1S/C10H24O7P2/c1-10(2)8-6-4-3-5-7-9-16-19(14,15)17-18(11,12)13/h10H,3-9H2,1-2H3,(H,14,15)(H2,11,12,13). The van der Waals surface area contributed by atoms with E-state index < -0.39 is 15.6 Å². The van der Waals surface area contributed by atoms with Crippen LogP contribution in [0.3, 0.4) is 0 Å². The molecule has 0 amide bonds. The van der Waals surface area contributed by atoms with E-state index in [2.05, 4.69) is 22.7 Å². The summed E-state index contributed by atoms with van der Waals surface area (Å²) in [7, 11) is -9.66. The van der Waals surface area contributed by atoms with E-state index in [-0.39, 0.29) is 6.61 Å². The van der Waals surface area contributed by atoms with E-state index in [1.807, 2.05) is 0 Å². The number of phosphoric acid groups is 2. The normalized spacial score (nSPS) is 15.7. The molecule has 1 unspecified atom stereocenters. The lowest BCUT2D eigenvalue weighted by molar-refractivity contribution is 0.175. The van der Waals surface area contributed by atoms with Crippen LogP contribution in [0.15, 0.2) is 0 Å². The van der Waals surface area contributed by atoms with E-state index in [0.717, 1.165) is 19.3 Å². The summed E-state index contributed by atoms with van der Waals surface area (Å²) in [6.45, 7) is 4.29. The number of hydrogen-bond acceptors (Lipinski definition) is 4. The lowest BCUT2D eigenvalue weighted by Gasteiger charge is -2.12. The molecule has 0 aromatic carbocycles. The first kappa shape index (κ1) is 19.3. The molecule has 0 radical (unpaired) electrons. The van der Waals surface area contributed by atoms with Crippen LogP contribution < -0.4 is 0 Å². The van der Waals surface area contributed by atoms with Crippen molar-refractivity contribution in [1.82, 2.24) is 0 Å². The molecule has 0 heterocycles. The average Bonchev–Trinajstić information content (AvgIpc) is 2.17. The Morgan fingerprint density at radius 3 is 2.00 bits per heavy atom. The van der Waals surface area contributed by atoms with Crippen LogP contribution in [0.4, 0.5) is 0 Å². The van der Waals surface area contributed by atoms with Crippen LogP contribution in [-0.4, -0.2) is 21.3 Å². The average molecular weight is 318 g/mol. The molecule has 9 heteroatoms. The second kappa shape index (κ2) is 9.24. The Labute approximate surface area is 114 Å². The minimum absolute atomic E-state index is 0.0576. The molecular formula is C10H24O7P2. The molecule has 0 aliphatic heterocycles. The van der Waals surface area contributed by atoms with Gasteiger partial charge in [-0.05, 0) is 12.3 Å². The van der Waals surface area contributed by atoms with Crippen molar-refractivity contribution in [2.24, 2.45) is 5.92 Å². The first-order valence-electron chi connectivity index (χ1n) is 6.36. The zero-order valence-electron chi connectivity index (χ0n) is 11.4. The zero-order chi connectivity index (χ0) is 14.9. The molecule has 3 N–H and O–H groups in total. The van der Waals surface area contributed by atoms with Gasteiger partial charge in [0.25, 0.3) is 0 Å². The van der Waals surface area contributed by atoms with Crippen molar-refractivity contribution in [2.75, 3.05) is 6.61 Å². The van der Waals surface area contributed by atoms with Crippen molar-refractivity contribution < 1.29 is 32.6 Å². The smallest absolute Gasteiger partial charge is 0.302 e. The van der Waals surface area contributed by atoms with E-state index in [1.165, 1.54) is 12.8 Å². The highest BCUT2D eigenvalue weighted by Gasteiger charge is 2.31. The molecule has 0 saturated heterocycles. The zero-order valence-corrected chi connectivity index (χ0v) is 13.2. The molecule has 0 rings (SSSR count). The molecule has 19 heavy (non-hydrogen) atoms. The van der Waals surface area contributed by atoms with Crippen molar-refractivity contribution in [3.05, 3.63) is 0 Å². The van der Waals surface area contributed by atoms with Gasteiger partial charge in [-0.3, -0.25) is 4.52 Å². The Hall–Kier alpha value is 0.260. The van der Waals surface area contributed by atoms with Crippen LogP contribution in [0.5, 0.6) is 0 Å². The second-order valence-electron chi connectivity index (χ2n) is 4.82. The number of hydrogen-bond donors (Lipinski definition) is 3. The SMILES string of the molecule is CC(C)CCCCCCCOP(=O)(O)OP(=O)(O)O. The largest absolute Gasteiger partial charge is 0.481 e. The predicted molar refractivity (Wildman–Crippen MR) is 71.4 cm³/mol. The monoisotopic (exact) mass is 318 g/mol. The van der Waals surface area contributed by atoms with Crippen LogP contribution >= 0.6 is 15.6 Å². The maximum Gasteiger partial charge on any atom is 0.481 e. The highest BCUT2D eigenvalue weighted by atomic mass is 31.3. The topological polar surface area (TPSA) is 113 Å². The van der Waals surface area contributed by atoms with E-state index in [9.17, 15) is 9.13 Å². The summed E-state index contributed by atoms with van der Waals surface area (Å²) in [5, 5.41) is 0. The molecule has 0 saturated carbocycles. The third-order valence-corrected chi connectivity index (χ3v) is 4.58. The quantitative estimate of drug-likeness (QED) is 0.396. The summed E-state index contributed by atoms with van der Waals surface area (Å²) in [5.74, 6) is 0.702. The van der Waals surface area contributed by atoms with Crippen LogP contribution in [0.1, 0.15) is 52.4 Å². The van der Waals surface area contributed by atoms with Gasteiger partial charge < -0.3 is 14.7 Å². The number of rotatable bonds is 11. The van der Waals surface area contributed by atoms with Crippen molar-refractivity contribution in [1.29, 1.82) is 0 Å². The fourth-order valence-corrected chi connectivity index (χ4v) is 3.15. The molecular weight excluding hydrogens is 294 g/mol. The Morgan fingerprint density at radius 1 is 0.947 bits per heavy atom. The molecule has 0 fully saturated rings. The molecule has 0 aliphatic carbocycles. The fraction of sp³-hybridized carbons (Fsp3) is 1.00. The Kier molecular flexibility index (Phi) is 9.37. The first-order chi connectivity index (χ1) is 8.62. The minimum Gasteiger partial charge on any atom is -0.302 e. The molecule has 116 valence electrons. The summed E-state index contributed by atoms with van der Waals surface area (Å²) in [6, 6.07) is 0. The summed E-state index contributed by atoms with van der Waals surface area (Å²) in [6.07, 6.45) is 5.86. The van der Waals surface area contributed by atoms with Crippen LogP contribution in [0.2, 0.25) is 0 Å². The van der Waals surface area contributed by atoms with Gasteiger partial charge in [0.2, 0.25) is 0 Å². The third-order valence-electron chi connectivity index (χ3n) is 2.39.